The van der Waals surface area contributed by atoms with Crippen LogP contribution in [0.1, 0.15) is 1.43 Å². The molecule has 5 heteroatoms. The molecule has 0 amide bonds. The summed E-state index contributed by atoms with van der Waals surface area (Å²) in [5.41, 5.74) is 0. The normalized spacial score (nSPS) is 4.80. The van der Waals surface area contributed by atoms with Crippen molar-refractivity contribution in [3.63, 3.8) is 0 Å². The van der Waals surface area contributed by atoms with Gasteiger partial charge in [0, 0.05) is 0 Å². The van der Waals surface area contributed by atoms with E-state index in [2.05, 4.69) is 7.98 Å². The van der Waals surface area contributed by atoms with Crippen molar-refractivity contribution in [1.29, 1.82) is 0 Å². The van der Waals surface area contributed by atoms with Crippen LogP contribution in [-0.2, 0) is 0 Å². The Labute approximate surface area is 74.6 Å². The number of hydrogen-bond acceptors (Lipinski definition) is 2. The molecule has 0 fully saturated rings. The third-order valence-electron chi connectivity index (χ3n) is 0. The average Bonchev–Trinajstić information content (AvgIpc) is 0.811. The molecule has 0 saturated carbocycles. The number of nitrogens with zero attached hydrogens (tertiary/aromatic N) is 1. The van der Waals surface area contributed by atoms with Crippen LogP contribution >= 0.6 is 0 Å². The first-order chi connectivity index (χ1) is 1.73. The first-order valence-corrected chi connectivity index (χ1v) is 0.623. The molecule has 22 valence electrons. The molecule has 0 aromatic carbocycles. The van der Waals surface area contributed by atoms with Crippen LogP contribution in [0, 0.1) is 10.1 Å². The predicted octanol–water partition coefficient (Wildman–Crippen LogP) is -3.54. The van der Waals surface area contributed by atoms with Gasteiger partial charge in [-0.1, -0.05) is 4.83 Å². The maximum absolute atomic E-state index is 8.58. The molecule has 0 saturated heterocycles. The summed E-state index contributed by atoms with van der Waals surface area (Å²) in [5.74, 6) is 0. The molecular weight excluding hydrogens is 95.9 g/mol. The van der Waals surface area contributed by atoms with E-state index in [9.17, 15) is 0 Å². The van der Waals surface area contributed by atoms with Crippen molar-refractivity contribution in [2.75, 3.05) is 0 Å². The minimum atomic E-state index is -1.00. The van der Waals surface area contributed by atoms with Crippen molar-refractivity contribution in [1.82, 2.24) is 0 Å². The molecule has 0 aromatic rings. The van der Waals surface area contributed by atoms with E-state index in [-0.39, 0.29) is 52.8 Å². The second kappa shape index (κ2) is 5.10. The second-order valence-electron chi connectivity index (χ2n) is 0.285. The zero-order chi connectivity index (χ0) is 3.58. The Kier molecular flexibility index (Phi) is 9.63. The van der Waals surface area contributed by atoms with Crippen molar-refractivity contribution in [2.24, 2.45) is 0 Å². The zero-order valence-electron chi connectivity index (χ0n) is 3.84. The molecular formula is HBKNO2. The van der Waals surface area contributed by atoms with Gasteiger partial charge in [-0.3, -0.25) is 10.1 Å². The molecule has 5 heavy (non-hydrogen) atoms. The van der Waals surface area contributed by atoms with E-state index in [1.807, 2.05) is 0 Å². The van der Waals surface area contributed by atoms with Crippen LogP contribution in [0.25, 0.3) is 0 Å². The quantitative estimate of drug-likeness (QED) is 0.178. The van der Waals surface area contributed by atoms with Crippen LogP contribution in [0.4, 0.5) is 0 Å². The minimum Gasteiger partial charge on any atom is -1.00 e. The maximum atomic E-state index is 8.58. The van der Waals surface area contributed by atoms with Crippen LogP contribution in [0.5, 0.6) is 0 Å². The number of nitro groups is 1. The third kappa shape index (κ3) is 40.5. The van der Waals surface area contributed by atoms with E-state index in [0.29, 0.717) is 0 Å². The molecule has 0 aliphatic carbocycles. The van der Waals surface area contributed by atoms with Gasteiger partial charge in [0.25, 0.3) is 0 Å². The standard InChI is InChI=1S/BNO2.K.H/c1-2(3)4;;/q;+1;-1. The first-order valence-electron chi connectivity index (χ1n) is 0.623. The van der Waals surface area contributed by atoms with Gasteiger partial charge in [-0.25, -0.2) is 0 Å². The summed E-state index contributed by atoms with van der Waals surface area (Å²) < 4.78 is 0. The van der Waals surface area contributed by atoms with Crippen molar-refractivity contribution >= 4 is 7.98 Å². The fourth-order valence-corrected chi connectivity index (χ4v) is 0. The van der Waals surface area contributed by atoms with Crippen LogP contribution in [-0.4, -0.2) is 12.8 Å². The predicted molar refractivity (Wildman–Crippen MR) is 13.9 cm³/mol. The van der Waals surface area contributed by atoms with E-state index >= 15 is 0 Å². The Morgan fingerprint density at radius 1 is 2.00 bits per heavy atom. The molecule has 0 N–H and O–H groups in total. The van der Waals surface area contributed by atoms with Gasteiger partial charge in [0.2, 0.25) is 0 Å². The average molecular weight is 96.9 g/mol. The smallest absolute Gasteiger partial charge is 1.00 e. The van der Waals surface area contributed by atoms with Gasteiger partial charge in [0.05, 0.1) is 0 Å². The summed E-state index contributed by atoms with van der Waals surface area (Å²) in [5, 5.41) is 8.58. The van der Waals surface area contributed by atoms with E-state index in [1.54, 1.807) is 0 Å². The van der Waals surface area contributed by atoms with E-state index in [0.717, 1.165) is 0 Å². The fraction of sp³-hybridized carbons (Fsp3) is 0. The Bertz CT molecular complexity index is 36.5. The monoisotopic (exact) mass is 97.0 g/mol. The van der Waals surface area contributed by atoms with Crippen LogP contribution in [0.15, 0.2) is 0 Å². The molecule has 3 nitrogen and oxygen atoms in total. The molecule has 0 spiro atoms. The maximum Gasteiger partial charge on any atom is 1.00 e. The molecule has 0 aliphatic heterocycles. The third-order valence-corrected chi connectivity index (χ3v) is 0. The molecule has 2 radical (unpaired) electrons. The minimum absolute atomic E-state index is 0. The Balaban J connectivity index is -0.0000000450. The Morgan fingerprint density at radius 3 is 2.00 bits per heavy atom. The summed E-state index contributed by atoms with van der Waals surface area (Å²) in [6.07, 6.45) is 0. The van der Waals surface area contributed by atoms with Crippen molar-refractivity contribution in [3.8, 4) is 0 Å². The molecule has 0 unspecified atom stereocenters. The summed E-state index contributed by atoms with van der Waals surface area (Å²) in [7, 11) is 3.83. The van der Waals surface area contributed by atoms with Gasteiger partial charge in [0.15, 0.2) is 0 Å². The van der Waals surface area contributed by atoms with Gasteiger partial charge >= 0.3 is 59.4 Å². The van der Waals surface area contributed by atoms with Gasteiger partial charge in [0.1, 0.15) is 0 Å². The van der Waals surface area contributed by atoms with Gasteiger partial charge in [-0.05, 0) is 0 Å². The van der Waals surface area contributed by atoms with Crippen molar-refractivity contribution < 1.29 is 57.6 Å². The SMILES string of the molecule is [B][N+](=O)[O-].[H-].[K+]. The summed E-state index contributed by atoms with van der Waals surface area (Å²) >= 11 is 0. The number of rotatable bonds is 0. The first kappa shape index (κ1) is 9.44. The van der Waals surface area contributed by atoms with Gasteiger partial charge in [-0.15, -0.1) is 0 Å². The number of hydrogen-bond donors (Lipinski definition) is 0. The van der Waals surface area contributed by atoms with Crippen LogP contribution in [0.3, 0.4) is 0 Å². The summed E-state index contributed by atoms with van der Waals surface area (Å²) in [6, 6.07) is 0. The van der Waals surface area contributed by atoms with E-state index in [1.165, 1.54) is 0 Å². The molecule has 0 bridgehead atoms. The summed E-state index contributed by atoms with van der Waals surface area (Å²) in [4.78, 5) is 7.58. The van der Waals surface area contributed by atoms with Crippen molar-refractivity contribution in [3.05, 3.63) is 10.1 Å². The fourth-order valence-electron chi connectivity index (χ4n) is 0. The van der Waals surface area contributed by atoms with Crippen LogP contribution < -0.4 is 51.4 Å². The van der Waals surface area contributed by atoms with E-state index in [4.69, 9.17) is 10.1 Å². The molecule has 0 heterocycles. The second-order valence-corrected chi connectivity index (χ2v) is 0.285. The van der Waals surface area contributed by atoms with E-state index < -0.39 is 4.83 Å². The molecule has 0 rings (SSSR count). The summed E-state index contributed by atoms with van der Waals surface area (Å²) in [6.45, 7) is 0. The Morgan fingerprint density at radius 2 is 2.00 bits per heavy atom. The Hall–Kier alpha value is 1.10. The molecule has 0 aromatic heterocycles. The van der Waals surface area contributed by atoms with Gasteiger partial charge < -0.3 is 1.43 Å². The molecule has 0 aliphatic rings. The topological polar surface area (TPSA) is 43.1 Å². The zero-order valence-corrected chi connectivity index (χ0v) is 5.96. The van der Waals surface area contributed by atoms with Crippen LogP contribution in [0.2, 0.25) is 0 Å². The largest absolute Gasteiger partial charge is 1.00 e. The molecule has 0 atom stereocenters. The van der Waals surface area contributed by atoms with Gasteiger partial charge in [-0.2, -0.15) is 0 Å². The van der Waals surface area contributed by atoms with Crippen molar-refractivity contribution in [2.45, 2.75) is 0 Å².